The van der Waals surface area contributed by atoms with E-state index in [9.17, 15) is 5.11 Å². The molecule has 0 aliphatic rings. The maximum atomic E-state index is 9.32. The third-order valence-electron chi connectivity index (χ3n) is 2.00. The highest BCUT2D eigenvalue weighted by Crippen LogP contribution is 2.11. The molecule has 1 heterocycles. The van der Waals surface area contributed by atoms with Gasteiger partial charge in [0.25, 0.3) is 0 Å². The molecule has 0 radical (unpaired) electrons. The van der Waals surface area contributed by atoms with Crippen LogP contribution in [0.2, 0.25) is 0 Å². The molecule has 0 aliphatic heterocycles. The Morgan fingerprint density at radius 2 is 2.43 bits per heavy atom. The molecule has 0 fully saturated rings. The van der Waals surface area contributed by atoms with Crippen LogP contribution in [0.15, 0.2) is 22.9 Å². The van der Waals surface area contributed by atoms with Crippen molar-refractivity contribution in [3.8, 4) is 0 Å². The van der Waals surface area contributed by atoms with E-state index in [1.165, 1.54) is 0 Å². The first-order valence-electron chi connectivity index (χ1n) is 4.72. The van der Waals surface area contributed by atoms with E-state index in [1.807, 2.05) is 19.1 Å². The van der Waals surface area contributed by atoms with Gasteiger partial charge in [0.2, 0.25) is 0 Å². The molecular formula is C10H15BrN2O. The molecule has 0 saturated carbocycles. The average molecular weight is 259 g/mol. The van der Waals surface area contributed by atoms with Crippen molar-refractivity contribution >= 4 is 15.9 Å². The van der Waals surface area contributed by atoms with Crippen LogP contribution in [0, 0.1) is 0 Å². The third kappa shape index (κ3) is 3.74. The first-order valence-corrected chi connectivity index (χ1v) is 5.51. The number of nitrogens with one attached hydrogen (secondary N) is 1. The number of aromatic nitrogens is 1. The van der Waals surface area contributed by atoms with E-state index < -0.39 is 0 Å². The number of pyridine rings is 1. The molecule has 78 valence electrons. The lowest BCUT2D eigenvalue weighted by molar-refractivity contribution is 0.167. The van der Waals surface area contributed by atoms with Gasteiger partial charge in [0.05, 0.1) is 6.10 Å². The lowest BCUT2D eigenvalue weighted by Gasteiger charge is -2.09. The molecule has 0 bridgehead atoms. The lowest BCUT2D eigenvalue weighted by atomic mass is 10.2. The van der Waals surface area contributed by atoms with Crippen LogP contribution in [-0.2, 0) is 6.54 Å². The second kappa shape index (κ2) is 6.11. The van der Waals surface area contributed by atoms with Gasteiger partial charge in [-0.1, -0.05) is 13.0 Å². The molecule has 14 heavy (non-hydrogen) atoms. The van der Waals surface area contributed by atoms with Crippen LogP contribution in [0.5, 0.6) is 0 Å². The summed E-state index contributed by atoms with van der Waals surface area (Å²) in [6.07, 6.45) is 2.26. The molecule has 4 heteroatoms. The number of rotatable bonds is 5. The summed E-state index contributed by atoms with van der Waals surface area (Å²) in [6.45, 7) is 3.32. The van der Waals surface area contributed by atoms with Crippen molar-refractivity contribution in [1.29, 1.82) is 0 Å². The fraction of sp³-hybridized carbons (Fsp3) is 0.500. The summed E-state index contributed by atoms with van der Waals surface area (Å²) in [5, 5.41) is 12.5. The zero-order valence-corrected chi connectivity index (χ0v) is 9.79. The minimum Gasteiger partial charge on any atom is -0.392 e. The van der Waals surface area contributed by atoms with E-state index in [4.69, 9.17) is 0 Å². The molecule has 0 aromatic carbocycles. The fourth-order valence-corrected chi connectivity index (χ4v) is 1.46. The van der Waals surface area contributed by atoms with Crippen LogP contribution in [0.1, 0.15) is 18.9 Å². The predicted molar refractivity (Wildman–Crippen MR) is 59.9 cm³/mol. The number of hydrogen-bond donors (Lipinski definition) is 2. The highest BCUT2D eigenvalue weighted by Gasteiger charge is 2.01. The van der Waals surface area contributed by atoms with Gasteiger partial charge in [-0.25, -0.2) is 4.98 Å². The van der Waals surface area contributed by atoms with Crippen molar-refractivity contribution in [3.05, 3.63) is 28.5 Å². The Labute approximate surface area is 92.7 Å². The number of nitrogens with zero attached hydrogens (tertiary/aromatic N) is 1. The average Bonchev–Trinajstić information content (AvgIpc) is 2.20. The quantitative estimate of drug-likeness (QED) is 0.791. The first-order chi connectivity index (χ1) is 6.74. The Hall–Kier alpha value is -0.450. The second-order valence-electron chi connectivity index (χ2n) is 3.15. The summed E-state index contributed by atoms with van der Waals surface area (Å²) in [6, 6.07) is 3.90. The second-order valence-corrected chi connectivity index (χ2v) is 3.90. The van der Waals surface area contributed by atoms with Crippen LogP contribution in [0.25, 0.3) is 0 Å². The Morgan fingerprint density at radius 3 is 3.07 bits per heavy atom. The summed E-state index contributed by atoms with van der Waals surface area (Å²) < 4.78 is 0.860. The standard InChI is InChI=1S/C10H15BrN2O/c1-2-9(14)7-12-6-8-4-3-5-13-10(8)11/h3-5,9,12,14H,2,6-7H2,1H3. The van der Waals surface area contributed by atoms with Crippen LogP contribution < -0.4 is 5.32 Å². The summed E-state index contributed by atoms with van der Waals surface area (Å²) in [5.74, 6) is 0. The molecule has 1 aromatic rings. The van der Waals surface area contributed by atoms with Gasteiger partial charge >= 0.3 is 0 Å². The van der Waals surface area contributed by atoms with Gasteiger partial charge in [0, 0.05) is 19.3 Å². The highest BCUT2D eigenvalue weighted by molar-refractivity contribution is 9.10. The van der Waals surface area contributed by atoms with Crippen LogP contribution in [0.3, 0.4) is 0 Å². The molecule has 2 N–H and O–H groups in total. The smallest absolute Gasteiger partial charge is 0.110 e. The molecule has 3 nitrogen and oxygen atoms in total. The van der Waals surface area contributed by atoms with E-state index in [2.05, 4.69) is 26.2 Å². The van der Waals surface area contributed by atoms with Crippen LogP contribution >= 0.6 is 15.9 Å². The number of aliphatic hydroxyl groups is 1. The molecule has 1 aromatic heterocycles. The summed E-state index contributed by atoms with van der Waals surface area (Å²) in [5.41, 5.74) is 1.11. The van der Waals surface area contributed by atoms with Crippen molar-refractivity contribution < 1.29 is 5.11 Å². The van der Waals surface area contributed by atoms with Crippen LogP contribution in [0.4, 0.5) is 0 Å². The van der Waals surface area contributed by atoms with Crippen molar-refractivity contribution in [2.24, 2.45) is 0 Å². The van der Waals surface area contributed by atoms with E-state index in [1.54, 1.807) is 6.20 Å². The Bertz CT molecular complexity index is 281. The Morgan fingerprint density at radius 1 is 1.64 bits per heavy atom. The van der Waals surface area contributed by atoms with Gasteiger partial charge < -0.3 is 10.4 Å². The predicted octanol–water partition coefficient (Wildman–Crippen LogP) is 1.70. The lowest BCUT2D eigenvalue weighted by Crippen LogP contribution is -2.25. The Balaban J connectivity index is 2.35. The fourth-order valence-electron chi connectivity index (χ4n) is 1.07. The highest BCUT2D eigenvalue weighted by atomic mass is 79.9. The van der Waals surface area contributed by atoms with Crippen LogP contribution in [-0.4, -0.2) is 22.7 Å². The van der Waals surface area contributed by atoms with Gasteiger partial charge in [0.1, 0.15) is 4.60 Å². The zero-order valence-electron chi connectivity index (χ0n) is 8.20. The number of halogens is 1. The molecule has 1 unspecified atom stereocenters. The topological polar surface area (TPSA) is 45.1 Å². The van der Waals surface area contributed by atoms with Crippen molar-refractivity contribution in [1.82, 2.24) is 10.3 Å². The summed E-state index contributed by atoms with van der Waals surface area (Å²) in [4.78, 5) is 4.11. The summed E-state index contributed by atoms with van der Waals surface area (Å²) >= 11 is 3.37. The van der Waals surface area contributed by atoms with E-state index in [-0.39, 0.29) is 6.10 Å². The normalized spacial score (nSPS) is 12.8. The van der Waals surface area contributed by atoms with Crippen molar-refractivity contribution in [2.45, 2.75) is 26.0 Å². The molecule has 1 rings (SSSR count). The molecule has 0 amide bonds. The number of aliphatic hydroxyl groups excluding tert-OH is 1. The van der Waals surface area contributed by atoms with Gasteiger partial charge in [-0.05, 0) is 34.0 Å². The van der Waals surface area contributed by atoms with Crippen molar-refractivity contribution in [3.63, 3.8) is 0 Å². The number of hydrogen-bond acceptors (Lipinski definition) is 3. The third-order valence-corrected chi connectivity index (χ3v) is 2.72. The van der Waals surface area contributed by atoms with Gasteiger partial charge in [-0.15, -0.1) is 0 Å². The van der Waals surface area contributed by atoms with Gasteiger partial charge in [-0.3, -0.25) is 0 Å². The molecular weight excluding hydrogens is 244 g/mol. The molecule has 0 saturated heterocycles. The minimum absolute atomic E-state index is 0.259. The van der Waals surface area contributed by atoms with E-state index >= 15 is 0 Å². The zero-order chi connectivity index (χ0) is 10.4. The first kappa shape index (κ1) is 11.6. The van der Waals surface area contributed by atoms with Gasteiger partial charge in [-0.2, -0.15) is 0 Å². The largest absolute Gasteiger partial charge is 0.392 e. The van der Waals surface area contributed by atoms with E-state index in [0.717, 1.165) is 23.1 Å². The minimum atomic E-state index is -0.259. The Kier molecular flexibility index (Phi) is 5.07. The molecule has 1 atom stereocenters. The maximum absolute atomic E-state index is 9.32. The molecule has 0 aliphatic carbocycles. The van der Waals surface area contributed by atoms with E-state index in [0.29, 0.717) is 6.54 Å². The van der Waals surface area contributed by atoms with Crippen molar-refractivity contribution in [2.75, 3.05) is 6.54 Å². The maximum Gasteiger partial charge on any atom is 0.110 e. The molecule has 0 spiro atoms. The van der Waals surface area contributed by atoms with Gasteiger partial charge in [0.15, 0.2) is 0 Å². The summed E-state index contributed by atoms with van der Waals surface area (Å²) in [7, 11) is 0. The monoisotopic (exact) mass is 258 g/mol. The SMILES string of the molecule is CCC(O)CNCc1cccnc1Br.